The number of ether oxygens (including phenoxy) is 1. The first-order valence-corrected chi connectivity index (χ1v) is 28.1. The van der Waals surface area contributed by atoms with E-state index in [1.54, 1.807) is 46.9 Å². The van der Waals surface area contributed by atoms with Crippen LogP contribution in [0.1, 0.15) is 90.5 Å². The van der Waals surface area contributed by atoms with E-state index in [9.17, 15) is 53.4 Å². The number of hydrogen-bond donors (Lipinski definition) is 17. The first-order valence-electron chi connectivity index (χ1n) is 28.1. The highest BCUT2D eigenvalue weighted by molar-refractivity contribution is 5.98. The number of amides is 10. The number of primary amides is 1. The van der Waals surface area contributed by atoms with Gasteiger partial charge in [0.25, 0.3) is 11.9 Å². The van der Waals surface area contributed by atoms with E-state index in [4.69, 9.17) is 37.6 Å². The number of aliphatic imine (C=N–C) groups is 1. The first kappa shape index (κ1) is 70.1. The number of urea groups is 1. The summed E-state index contributed by atoms with van der Waals surface area (Å²) in [5.74, 6) is -7.99. The molecule has 0 radical (unpaired) electrons. The van der Waals surface area contributed by atoms with E-state index in [-0.39, 0.29) is 75.7 Å². The lowest BCUT2D eigenvalue weighted by Crippen LogP contribution is -2.62. The quantitative estimate of drug-likeness (QED) is 0.0116. The smallest absolute Gasteiger partial charge is 0.330 e. The van der Waals surface area contributed by atoms with Crippen LogP contribution in [0.25, 0.3) is 10.9 Å². The van der Waals surface area contributed by atoms with Gasteiger partial charge in [0.05, 0.1) is 31.2 Å². The monoisotopic (exact) mass is 1220 g/mol. The largest absolute Gasteiger partial charge is 0.508 e. The van der Waals surface area contributed by atoms with Crippen molar-refractivity contribution in [2.45, 2.75) is 147 Å². The first-order chi connectivity index (χ1) is 41.0. The molecule has 2 aromatic carbocycles. The minimum Gasteiger partial charge on any atom is -0.508 e. The minimum absolute atomic E-state index is 0.00864. The molecular formula is C56H83N17O14. The third-order valence-electron chi connectivity index (χ3n) is 13.3. The summed E-state index contributed by atoms with van der Waals surface area (Å²) < 4.78 is 6.01. The van der Waals surface area contributed by atoms with Gasteiger partial charge in [-0.3, -0.25) is 53.6 Å². The molecule has 8 atom stereocenters. The molecule has 0 saturated carbocycles. The number of aromatic hydroxyl groups is 1. The number of aliphatic carboxylic acids is 1. The van der Waals surface area contributed by atoms with Gasteiger partial charge >= 0.3 is 6.03 Å². The van der Waals surface area contributed by atoms with Gasteiger partial charge in [-0.1, -0.05) is 44.2 Å². The number of imidazole rings is 1. The minimum atomic E-state index is -1.72. The summed E-state index contributed by atoms with van der Waals surface area (Å²) in [4.78, 5) is 148. The lowest BCUT2D eigenvalue weighted by atomic mass is 10.0. The van der Waals surface area contributed by atoms with Crippen LogP contribution >= 0.6 is 0 Å². The molecule has 1 saturated heterocycles. The second-order valence-electron chi connectivity index (χ2n) is 22.1. The van der Waals surface area contributed by atoms with Gasteiger partial charge in [-0.2, -0.15) is 0 Å². The molecule has 0 aliphatic carbocycles. The average molecular weight is 1220 g/mol. The van der Waals surface area contributed by atoms with Crippen molar-refractivity contribution in [3.05, 3.63) is 84.1 Å². The summed E-state index contributed by atoms with van der Waals surface area (Å²) in [6.07, 6.45) is 5.18. The topological polar surface area (TPSA) is 501 Å². The number of phenolic OH excluding ortho intramolecular Hbond substituents is 1. The van der Waals surface area contributed by atoms with Gasteiger partial charge in [0, 0.05) is 68.3 Å². The number of likely N-dealkylation sites (tertiary alicyclic amines) is 1. The third kappa shape index (κ3) is 23.9. The van der Waals surface area contributed by atoms with Crippen LogP contribution in [0.15, 0.2) is 72.2 Å². The number of para-hydroxylation sites is 1. The highest BCUT2D eigenvalue weighted by Crippen LogP contribution is 2.22. The normalized spacial score (nSPS) is 15.3. The number of nitrogens with one attached hydrogen (secondary N) is 10. The van der Waals surface area contributed by atoms with Gasteiger partial charge in [-0.15, -0.1) is 0 Å². The van der Waals surface area contributed by atoms with Crippen molar-refractivity contribution >= 4 is 76.1 Å². The molecule has 21 N–H and O–H groups in total. The maximum Gasteiger partial charge on any atom is 0.330 e. The number of nitrogens with two attached hydrogens (primary N) is 4. The van der Waals surface area contributed by atoms with E-state index in [1.165, 1.54) is 41.7 Å². The number of carbonyl (C=O) groups excluding carboxylic acids is 9. The summed E-state index contributed by atoms with van der Waals surface area (Å²) >= 11 is 0. The molecule has 476 valence electrons. The zero-order valence-electron chi connectivity index (χ0n) is 49.5. The summed E-state index contributed by atoms with van der Waals surface area (Å²) in [6.45, 7) is 8.55. The van der Waals surface area contributed by atoms with Crippen molar-refractivity contribution in [3.8, 4) is 5.75 Å². The number of H-pyrrole nitrogens is 2. The number of hydrogen-bond acceptors (Lipinski definition) is 16. The molecule has 31 heteroatoms. The molecule has 5 rings (SSSR count). The molecule has 10 amide bonds. The Balaban J connectivity index is 0.00000392. The lowest BCUT2D eigenvalue weighted by Gasteiger charge is -2.31. The van der Waals surface area contributed by atoms with Crippen molar-refractivity contribution in [1.29, 1.82) is 0 Å². The number of benzene rings is 2. The summed E-state index contributed by atoms with van der Waals surface area (Å²) in [6, 6.07) is 1.00. The number of aliphatic hydroxyl groups excluding tert-OH is 1. The van der Waals surface area contributed by atoms with Gasteiger partial charge in [-0.25, -0.2) is 15.2 Å². The van der Waals surface area contributed by atoms with Crippen molar-refractivity contribution in [2.75, 3.05) is 26.3 Å². The Kier molecular flexibility index (Phi) is 27.4. The fourth-order valence-electron chi connectivity index (χ4n) is 9.06. The molecule has 0 spiro atoms. The van der Waals surface area contributed by atoms with Gasteiger partial charge in [0.2, 0.25) is 41.4 Å². The van der Waals surface area contributed by atoms with Crippen LogP contribution in [0.5, 0.6) is 5.75 Å². The fourth-order valence-corrected chi connectivity index (χ4v) is 9.06. The van der Waals surface area contributed by atoms with Crippen LogP contribution in [0.2, 0.25) is 0 Å². The number of carboxylic acids is 1. The van der Waals surface area contributed by atoms with E-state index in [0.717, 1.165) is 17.8 Å². The molecule has 8 unspecified atom stereocenters. The van der Waals surface area contributed by atoms with Gasteiger partial charge < -0.3 is 89.8 Å². The number of carboxylic acid groups (broad SMARTS) is 1. The molecule has 1 fully saturated rings. The Labute approximate surface area is 502 Å². The van der Waals surface area contributed by atoms with Gasteiger partial charge in [-0.05, 0) is 88.1 Å². The van der Waals surface area contributed by atoms with Crippen LogP contribution in [-0.4, -0.2) is 181 Å². The van der Waals surface area contributed by atoms with Gasteiger partial charge in [0.15, 0.2) is 5.96 Å². The highest BCUT2D eigenvalue weighted by atomic mass is 16.5. The molecule has 87 heavy (non-hydrogen) atoms. The highest BCUT2D eigenvalue weighted by Gasteiger charge is 2.40. The number of carbonyl (C=O) groups is 10. The van der Waals surface area contributed by atoms with Crippen LogP contribution in [0, 0.1) is 5.92 Å². The summed E-state index contributed by atoms with van der Waals surface area (Å²) in [5.41, 5.74) is 28.1. The van der Waals surface area contributed by atoms with Crippen molar-refractivity contribution < 1.29 is 68.0 Å². The number of aromatic amines is 2. The fraction of sp³-hybridized carbons (Fsp3) is 0.500. The van der Waals surface area contributed by atoms with Crippen molar-refractivity contribution in [2.24, 2.45) is 33.8 Å². The number of nitrogens with zero attached hydrogens (tertiary/aromatic N) is 3. The second kappa shape index (κ2) is 34.0. The number of rotatable bonds is 29. The molecule has 4 aromatic rings. The molecule has 1 aliphatic heterocycles. The van der Waals surface area contributed by atoms with E-state index in [0.29, 0.717) is 23.2 Å². The third-order valence-corrected chi connectivity index (χ3v) is 13.3. The summed E-state index contributed by atoms with van der Waals surface area (Å²) in [5, 5.41) is 44.8. The van der Waals surface area contributed by atoms with Crippen LogP contribution in [-0.2, 0) is 67.2 Å². The standard InChI is InChI=1S/C54H79N17O12.C2H4O2/c1-29(2)20-38(45(75)63-37(12-8-18-60-52(56)57)51(81)71-19-9-13-43(71)50(80)69-70-53(58)82)65-49(79)42(27-83-54(3,4)5)68-46(76)39(21-30-14-16-33(73)17-15-30)66-48(78)41(26-72)67-47(77)40(22-31-24-61-36-11-7-6-10-34(31)36)64-44(74)35(55)23-32-25-59-28-62-32;1-2(3)4/h6-7,10-11,14-17,24-25,28-29,35,37-43,61,72-73H,8-9,12-13,18-23,26-27,55H2,1-5H3,(H,59,62)(H,63,75)(H,64,74)(H,65,79)(H,66,78)(H,67,77)(H,68,76)(H,69,80)(H4,56,57,60)(H3,58,70,82);1H3,(H,3,4). The van der Waals surface area contributed by atoms with Crippen LogP contribution in [0.3, 0.4) is 0 Å². The molecule has 2 aromatic heterocycles. The van der Waals surface area contributed by atoms with Crippen LogP contribution < -0.4 is 65.7 Å². The molecule has 31 nitrogen and oxygen atoms in total. The maximum atomic E-state index is 14.6. The predicted octanol–water partition coefficient (Wildman–Crippen LogP) is -2.45. The maximum absolute atomic E-state index is 14.6. The Hall–Kier alpha value is -9.36. The predicted molar refractivity (Wildman–Crippen MR) is 317 cm³/mol. The number of aromatic nitrogens is 3. The van der Waals surface area contributed by atoms with Gasteiger partial charge in [0.1, 0.15) is 48.0 Å². The van der Waals surface area contributed by atoms with Crippen molar-refractivity contribution in [1.82, 2.24) is 62.6 Å². The Bertz CT molecular complexity index is 2990. The zero-order valence-corrected chi connectivity index (χ0v) is 49.5. The van der Waals surface area contributed by atoms with Crippen molar-refractivity contribution in [3.63, 3.8) is 0 Å². The molecular weight excluding hydrogens is 1130 g/mol. The SMILES string of the molecule is CC(=O)O.CC(C)CC(NC(=O)C(COC(C)(C)C)NC(=O)C(Cc1ccc(O)cc1)NC(=O)C(CO)NC(=O)C(Cc1c[nH]c2ccccc12)NC(=O)C(N)Cc1cnc[nH]1)C(=O)NC(CCCN=C(N)N)C(=O)N1CCCC1C(=O)NNC(N)=O. The average Bonchev–Trinajstić information content (AvgIpc) is 2.43. The number of fused-ring (bicyclic) bond motifs is 1. The number of phenols is 1. The lowest BCUT2D eigenvalue weighted by molar-refractivity contribution is -0.142. The number of aliphatic hydroxyl groups is 1. The molecule has 0 bridgehead atoms. The van der Waals surface area contributed by atoms with E-state index in [1.807, 2.05) is 23.6 Å². The summed E-state index contributed by atoms with van der Waals surface area (Å²) in [7, 11) is 0. The zero-order chi connectivity index (χ0) is 64.5. The molecule has 1 aliphatic rings. The van der Waals surface area contributed by atoms with E-state index >= 15 is 0 Å². The number of guanidine groups is 1. The van der Waals surface area contributed by atoms with E-state index in [2.05, 4.69) is 57.3 Å². The van der Waals surface area contributed by atoms with E-state index < -0.39 is 126 Å². The van der Waals surface area contributed by atoms with Crippen LogP contribution in [0.4, 0.5) is 4.79 Å². The number of hydrazine groups is 1. The Morgan fingerprint density at radius 2 is 1.33 bits per heavy atom. The molecule has 3 heterocycles. The Morgan fingerprint density at radius 3 is 1.94 bits per heavy atom. The Morgan fingerprint density at radius 1 is 0.759 bits per heavy atom. The second-order valence-corrected chi connectivity index (χ2v) is 22.1.